The number of hydrogen-bond donors (Lipinski definition) is 0. The van der Waals surface area contributed by atoms with Gasteiger partial charge >= 0.3 is 0 Å². The van der Waals surface area contributed by atoms with Crippen LogP contribution in [0.15, 0.2) is 12.4 Å². The number of rotatable bonds is 6. The number of alkyl halides is 1. The lowest BCUT2D eigenvalue weighted by Gasteiger charge is -2.37. The first-order chi connectivity index (χ1) is 7.83. The average Bonchev–Trinajstić information content (AvgIpc) is 2.63. The highest BCUT2D eigenvalue weighted by atomic mass is 79.9. The van der Waals surface area contributed by atoms with Crippen LogP contribution in [-0.4, -0.2) is 32.6 Å². The summed E-state index contributed by atoms with van der Waals surface area (Å²) in [6.07, 6.45) is 8.31. The molecule has 0 N–H and O–H groups in total. The Morgan fingerprint density at radius 2 is 2.38 bits per heavy atom. The molecule has 1 saturated carbocycles. The van der Waals surface area contributed by atoms with Crippen molar-refractivity contribution in [3.05, 3.63) is 18.0 Å². The summed E-state index contributed by atoms with van der Waals surface area (Å²) in [6, 6.07) is 0.808. The number of halogens is 1. The van der Waals surface area contributed by atoms with Gasteiger partial charge in [0, 0.05) is 42.8 Å². The lowest BCUT2D eigenvalue weighted by molar-refractivity contribution is 0.128. The van der Waals surface area contributed by atoms with E-state index in [2.05, 4.69) is 39.0 Å². The predicted molar refractivity (Wildman–Crippen MR) is 69.7 cm³/mol. The van der Waals surface area contributed by atoms with Crippen LogP contribution < -0.4 is 0 Å². The molecule has 2 rings (SSSR count). The summed E-state index contributed by atoms with van der Waals surface area (Å²) in [5.74, 6) is 0. The van der Waals surface area contributed by atoms with Crippen LogP contribution in [0.3, 0.4) is 0 Å². The third-order valence-corrected chi connectivity index (χ3v) is 3.71. The molecule has 1 heterocycles. The van der Waals surface area contributed by atoms with Gasteiger partial charge in [-0.15, -0.1) is 0 Å². The van der Waals surface area contributed by atoms with Crippen LogP contribution in [0.5, 0.6) is 0 Å². The van der Waals surface area contributed by atoms with E-state index in [1.165, 1.54) is 24.8 Å². The second-order valence-electron chi connectivity index (χ2n) is 4.45. The first kappa shape index (κ1) is 12.1. The Bertz CT molecular complexity index is 320. The molecular formula is C12H20BrN3. The molecule has 0 aliphatic heterocycles. The van der Waals surface area contributed by atoms with Crippen molar-refractivity contribution in [2.45, 2.75) is 45.3 Å². The second-order valence-corrected chi connectivity index (χ2v) is 5.24. The molecule has 90 valence electrons. The maximum atomic E-state index is 4.33. The third kappa shape index (κ3) is 2.86. The van der Waals surface area contributed by atoms with Crippen LogP contribution >= 0.6 is 15.9 Å². The normalized spacial score (nSPS) is 16.7. The lowest BCUT2D eigenvalue weighted by Crippen LogP contribution is -2.40. The highest BCUT2D eigenvalue weighted by molar-refractivity contribution is 9.09. The standard InChI is InChI=1S/C12H20BrN3/c1-2-16-10-11(8-14-16)9-15(7-6-13)12-4-3-5-12/h8,10,12H,2-7,9H2,1H3. The number of aromatic nitrogens is 2. The van der Waals surface area contributed by atoms with Crippen molar-refractivity contribution in [2.75, 3.05) is 11.9 Å². The Labute approximate surface area is 106 Å². The fourth-order valence-electron chi connectivity index (χ4n) is 2.15. The summed E-state index contributed by atoms with van der Waals surface area (Å²) in [5, 5.41) is 5.39. The fourth-order valence-corrected chi connectivity index (χ4v) is 2.60. The molecule has 1 aromatic rings. The Hall–Kier alpha value is -0.350. The zero-order valence-corrected chi connectivity index (χ0v) is 11.5. The number of aryl methyl sites for hydroxylation is 1. The van der Waals surface area contributed by atoms with Crippen LogP contribution in [-0.2, 0) is 13.1 Å². The molecule has 1 aliphatic carbocycles. The first-order valence-electron chi connectivity index (χ1n) is 6.15. The highest BCUT2D eigenvalue weighted by Gasteiger charge is 2.24. The quantitative estimate of drug-likeness (QED) is 0.750. The minimum atomic E-state index is 0.808. The van der Waals surface area contributed by atoms with Crippen molar-refractivity contribution in [3.63, 3.8) is 0 Å². The Balaban J connectivity index is 1.93. The zero-order chi connectivity index (χ0) is 11.4. The van der Waals surface area contributed by atoms with Gasteiger partial charge in [-0.05, 0) is 19.8 Å². The van der Waals surface area contributed by atoms with Gasteiger partial charge in [-0.25, -0.2) is 0 Å². The summed E-state index contributed by atoms with van der Waals surface area (Å²) in [7, 11) is 0. The lowest BCUT2D eigenvalue weighted by atomic mass is 9.91. The smallest absolute Gasteiger partial charge is 0.0534 e. The van der Waals surface area contributed by atoms with Crippen molar-refractivity contribution >= 4 is 15.9 Å². The number of hydrogen-bond acceptors (Lipinski definition) is 2. The minimum absolute atomic E-state index is 0.808. The van der Waals surface area contributed by atoms with Crippen molar-refractivity contribution < 1.29 is 0 Å². The minimum Gasteiger partial charge on any atom is -0.295 e. The molecule has 0 unspecified atom stereocenters. The molecule has 0 saturated heterocycles. The van der Waals surface area contributed by atoms with Gasteiger partial charge in [0.15, 0.2) is 0 Å². The van der Waals surface area contributed by atoms with E-state index < -0.39 is 0 Å². The summed E-state index contributed by atoms with van der Waals surface area (Å²) < 4.78 is 2.00. The van der Waals surface area contributed by atoms with Gasteiger partial charge < -0.3 is 0 Å². The van der Waals surface area contributed by atoms with Gasteiger partial charge in [-0.2, -0.15) is 5.10 Å². The molecule has 16 heavy (non-hydrogen) atoms. The maximum Gasteiger partial charge on any atom is 0.0534 e. The van der Waals surface area contributed by atoms with Gasteiger partial charge in [0.25, 0.3) is 0 Å². The summed E-state index contributed by atoms with van der Waals surface area (Å²) in [4.78, 5) is 2.58. The van der Waals surface area contributed by atoms with Crippen LogP contribution in [0.1, 0.15) is 31.7 Å². The van der Waals surface area contributed by atoms with Crippen LogP contribution in [0.2, 0.25) is 0 Å². The van der Waals surface area contributed by atoms with Gasteiger partial charge in [0.1, 0.15) is 0 Å². The first-order valence-corrected chi connectivity index (χ1v) is 7.27. The van der Waals surface area contributed by atoms with E-state index in [0.717, 1.165) is 31.0 Å². The molecule has 4 heteroatoms. The summed E-state index contributed by atoms with van der Waals surface area (Å²) >= 11 is 3.54. The van der Waals surface area contributed by atoms with E-state index in [9.17, 15) is 0 Å². The van der Waals surface area contributed by atoms with Crippen LogP contribution in [0.25, 0.3) is 0 Å². The largest absolute Gasteiger partial charge is 0.295 e. The van der Waals surface area contributed by atoms with E-state index in [4.69, 9.17) is 0 Å². The predicted octanol–water partition coefficient (Wildman–Crippen LogP) is 2.65. The molecular weight excluding hydrogens is 266 g/mol. The van der Waals surface area contributed by atoms with E-state index in [1.54, 1.807) is 0 Å². The molecule has 0 atom stereocenters. The van der Waals surface area contributed by atoms with Crippen LogP contribution in [0.4, 0.5) is 0 Å². The maximum absolute atomic E-state index is 4.33. The molecule has 1 aliphatic rings. The SMILES string of the molecule is CCn1cc(CN(CCBr)C2CCC2)cn1. The Kier molecular flexibility index (Phi) is 4.41. The molecule has 0 bridgehead atoms. The van der Waals surface area contributed by atoms with Crippen molar-refractivity contribution in [3.8, 4) is 0 Å². The topological polar surface area (TPSA) is 21.1 Å². The van der Waals surface area contributed by atoms with Crippen molar-refractivity contribution in [2.24, 2.45) is 0 Å². The monoisotopic (exact) mass is 285 g/mol. The van der Waals surface area contributed by atoms with Crippen LogP contribution in [0, 0.1) is 0 Å². The highest BCUT2D eigenvalue weighted by Crippen LogP contribution is 2.26. The molecule has 1 fully saturated rings. The second kappa shape index (κ2) is 5.82. The van der Waals surface area contributed by atoms with E-state index >= 15 is 0 Å². The van der Waals surface area contributed by atoms with Gasteiger partial charge in [-0.3, -0.25) is 9.58 Å². The Morgan fingerprint density at radius 3 is 2.88 bits per heavy atom. The van der Waals surface area contributed by atoms with Gasteiger partial charge in [-0.1, -0.05) is 22.4 Å². The van der Waals surface area contributed by atoms with E-state index in [1.807, 2.05) is 10.9 Å². The van der Waals surface area contributed by atoms with Gasteiger partial charge in [0.2, 0.25) is 0 Å². The van der Waals surface area contributed by atoms with Crippen molar-refractivity contribution in [1.29, 1.82) is 0 Å². The molecule has 0 spiro atoms. The summed E-state index contributed by atoms with van der Waals surface area (Å²) in [5.41, 5.74) is 1.34. The molecule has 3 nitrogen and oxygen atoms in total. The molecule has 0 radical (unpaired) electrons. The number of nitrogens with zero attached hydrogens (tertiary/aromatic N) is 3. The molecule has 0 aromatic carbocycles. The average molecular weight is 286 g/mol. The zero-order valence-electron chi connectivity index (χ0n) is 9.90. The summed E-state index contributed by atoms with van der Waals surface area (Å²) in [6.45, 7) is 5.28. The van der Waals surface area contributed by atoms with E-state index in [0.29, 0.717) is 0 Å². The van der Waals surface area contributed by atoms with Gasteiger partial charge in [0.05, 0.1) is 6.20 Å². The fraction of sp³-hybridized carbons (Fsp3) is 0.750. The van der Waals surface area contributed by atoms with E-state index in [-0.39, 0.29) is 0 Å². The Morgan fingerprint density at radius 1 is 1.56 bits per heavy atom. The molecule has 1 aromatic heterocycles. The third-order valence-electron chi connectivity index (χ3n) is 3.36. The molecule has 0 amide bonds. The van der Waals surface area contributed by atoms with Crippen molar-refractivity contribution in [1.82, 2.24) is 14.7 Å².